The van der Waals surface area contributed by atoms with Gasteiger partial charge in [-0.25, -0.2) is 0 Å². The summed E-state index contributed by atoms with van der Waals surface area (Å²) in [4.78, 5) is 10.9. The molecule has 1 rings (SSSR count). The molecule has 0 N–H and O–H groups in total. The molecule has 0 aromatic carbocycles. The maximum absolute atomic E-state index is 10.9. The summed E-state index contributed by atoms with van der Waals surface area (Å²) in [5.41, 5.74) is 1.38. The van der Waals surface area contributed by atoms with E-state index in [4.69, 9.17) is 0 Å². The van der Waals surface area contributed by atoms with Crippen molar-refractivity contribution in [2.24, 2.45) is 17.3 Å². The number of allylic oxidation sites excluding steroid dienone is 2. The van der Waals surface area contributed by atoms with Gasteiger partial charge in [0.1, 0.15) is 6.29 Å². The second-order valence-corrected chi connectivity index (χ2v) is 4.52. The van der Waals surface area contributed by atoms with Gasteiger partial charge >= 0.3 is 0 Å². The Bertz CT molecular complexity index is 213. The molecule has 0 aromatic heterocycles. The van der Waals surface area contributed by atoms with E-state index in [0.717, 1.165) is 12.7 Å². The van der Waals surface area contributed by atoms with Gasteiger partial charge in [-0.15, -0.1) is 0 Å². The summed E-state index contributed by atoms with van der Waals surface area (Å²) in [6.45, 7) is 8.66. The molecule has 12 heavy (non-hydrogen) atoms. The maximum Gasteiger partial charge on any atom is 0.127 e. The molecule has 0 spiro atoms. The Labute approximate surface area is 74.9 Å². The van der Waals surface area contributed by atoms with E-state index in [1.807, 2.05) is 0 Å². The monoisotopic (exact) mass is 166 g/mol. The van der Waals surface area contributed by atoms with Crippen molar-refractivity contribution in [3.63, 3.8) is 0 Å². The van der Waals surface area contributed by atoms with E-state index in [0.29, 0.717) is 5.92 Å². The SMILES string of the molecule is CC1=CC[C@H](C)C(C)(C)[C@@H]1C=O. The molecule has 0 saturated heterocycles. The van der Waals surface area contributed by atoms with Crippen LogP contribution in [0, 0.1) is 17.3 Å². The zero-order valence-corrected chi connectivity index (χ0v) is 8.42. The molecule has 68 valence electrons. The van der Waals surface area contributed by atoms with Crippen molar-refractivity contribution in [1.29, 1.82) is 0 Å². The van der Waals surface area contributed by atoms with Gasteiger partial charge in [-0.1, -0.05) is 32.4 Å². The molecule has 1 aliphatic carbocycles. The fourth-order valence-electron chi connectivity index (χ4n) is 1.97. The Hall–Kier alpha value is -0.590. The number of carbonyl (C=O) groups excluding carboxylic acids is 1. The lowest BCUT2D eigenvalue weighted by Crippen LogP contribution is -2.35. The topological polar surface area (TPSA) is 17.1 Å². The zero-order chi connectivity index (χ0) is 9.35. The van der Waals surface area contributed by atoms with Crippen LogP contribution in [0.5, 0.6) is 0 Å². The molecule has 0 bridgehead atoms. The fourth-order valence-corrected chi connectivity index (χ4v) is 1.97. The van der Waals surface area contributed by atoms with Crippen molar-refractivity contribution in [3.05, 3.63) is 11.6 Å². The second-order valence-electron chi connectivity index (χ2n) is 4.52. The van der Waals surface area contributed by atoms with E-state index in [9.17, 15) is 4.79 Å². The highest BCUT2D eigenvalue weighted by Gasteiger charge is 2.37. The highest BCUT2D eigenvalue weighted by Crippen LogP contribution is 2.43. The van der Waals surface area contributed by atoms with Gasteiger partial charge in [0.05, 0.1) is 0 Å². The standard InChI is InChI=1S/C11H18O/c1-8-5-6-9(2)11(3,4)10(8)7-12/h5,7,9-10H,6H2,1-4H3/t9-,10+/m0/s1. The van der Waals surface area contributed by atoms with Gasteiger partial charge in [0.15, 0.2) is 0 Å². The van der Waals surface area contributed by atoms with E-state index in [2.05, 4.69) is 33.8 Å². The number of aldehydes is 1. The predicted molar refractivity (Wildman–Crippen MR) is 50.9 cm³/mol. The maximum atomic E-state index is 10.9. The number of carbonyl (C=O) groups is 1. The molecule has 0 aromatic rings. The molecule has 0 saturated carbocycles. The minimum atomic E-state index is 0.126. The van der Waals surface area contributed by atoms with Crippen molar-refractivity contribution in [1.82, 2.24) is 0 Å². The molecule has 1 aliphatic rings. The molecule has 0 unspecified atom stereocenters. The molecule has 1 nitrogen and oxygen atoms in total. The summed E-state index contributed by atoms with van der Waals surface area (Å²) in [5.74, 6) is 0.734. The first-order valence-electron chi connectivity index (χ1n) is 4.62. The molecule has 2 atom stereocenters. The van der Waals surface area contributed by atoms with Crippen molar-refractivity contribution >= 4 is 6.29 Å². The average Bonchev–Trinajstić information content (AvgIpc) is 1.98. The van der Waals surface area contributed by atoms with Crippen LogP contribution >= 0.6 is 0 Å². The lowest BCUT2D eigenvalue weighted by molar-refractivity contribution is -0.114. The second kappa shape index (κ2) is 3.04. The summed E-state index contributed by atoms with van der Waals surface area (Å²) < 4.78 is 0. The van der Waals surface area contributed by atoms with E-state index in [1.165, 1.54) is 5.57 Å². The van der Waals surface area contributed by atoms with Gasteiger partial charge in [-0.2, -0.15) is 0 Å². The van der Waals surface area contributed by atoms with E-state index in [-0.39, 0.29) is 11.3 Å². The molecule has 0 heterocycles. The van der Waals surface area contributed by atoms with Crippen LogP contribution in [0.1, 0.15) is 34.1 Å². The molecular formula is C11H18O. The van der Waals surface area contributed by atoms with Gasteiger partial charge in [0.2, 0.25) is 0 Å². The van der Waals surface area contributed by atoms with Crippen LogP contribution in [-0.4, -0.2) is 6.29 Å². The third-order valence-electron chi connectivity index (χ3n) is 3.49. The lowest BCUT2D eigenvalue weighted by Gasteiger charge is -2.40. The molecule has 1 heteroatoms. The normalized spacial score (nSPS) is 34.2. The summed E-state index contributed by atoms with van der Waals surface area (Å²) in [5, 5.41) is 0. The Kier molecular flexibility index (Phi) is 2.41. The van der Waals surface area contributed by atoms with E-state index >= 15 is 0 Å². The van der Waals surface area contributed by atoms with Gasteiger partial charge < -0.3 is 4.79 Å². The number of hydrogen-bond acceptors (Lipinski definition) is 1. The Morgan fingerprint density at radius 2 is 2.17 bits per heavy atom. The van der Waals surface area contributed by atoms with Crippen LogP contribution in [0.25, 0.3) is 0 Å². The summed E-state index contributed by atoms with van der Waals surface area (Å²) >= 11 is 0. The van der Waals surface area contributed by atoms with Gasteiger partial charge in [0, 0.05) is 5.92 Å². The van der Waals surface area contributed by atoms with Gasteiger partial charge in [0.25, 0.3) is 0 Å². The Balaban J connectivity index is 2.99. The average molecular weight is 166 g/mol. The Morgan fingerprint density at radius 3 is 2.58 bits per heavy atom. The molecule has 0 aliphatic heterocycles. The van der Waals surface area contributed by atoms with Crippen LogP contribution in [0.15, 0.2) is 11.6 Å². The number of rotatable bonds is 1. The van der Waals surface area contributed by atoms with Crippen LogP contribution in [-0.2, 0) is 4.79 Å². The van der Waals surface area contributed by atoms with E-state index < -0.39 is 0 Å². The lowest BCUT2D eigenvalue weighted by atomic mass is 9.64. The first-order valence-corrected chi connectivity index (χ1v) is 4.62. The fraction of sp³-hybridized carbons (Fsp3) is 0.727. The molecule has 0 amide bonds. The van der Waals surface area contributed by atoms with Crippen LogP contribution < -0.4 is 0 Å². The highest BCUT2D eigenvalue weighted by atomic mass is 16.1. The smallest absolute Gasteiger partial charge is 0.127 e. The predicted octanol–water partition coefficient (Wildman–Crippen LogP) is 2.81. The Morgan fingerprint density at radius 1 is 1.58 bits per heavy atom. The molecule has 0 fully saturated rings. The van der Waals surface area contributed by atoms with Gasteiger partial charge in [-0.3, -0.25) is 0 Å². The van der Waals surface area contributed by atoms with Crippen LogP contribution in [0.2, 0.25) is 0 Å². The number of hydrogen-bond donors (Lipinski definition) is 0. The minimum Gasteiger partial charge on any atom is -0.303 e. The van der Waals surface area contributed by atoms with Crippen LogP contribution in [0.3, 0.4) is 0 Å². The minimum absolute atomic E-state index is 0.126. The molecule has 0 radical (unpaired) electrons. The summed E-state index contributed by atoms with van der Waals surface area (Å²) in [6.07, 6.45) is 4.42. The largest absolute Gasteiger partial charge is 0.303 e. The van der Waals surface area contributed by atoms with Crippen molar-refractivity contribution in [3.8, 4) is 0 Å². The van der Waals surface area contributed by atoms with Crippen LogP contribution in [0.4, 0.5) is 0 Å². The van der Waals surface area contributed by atoms with E-state index in [1.54, 1.807) is 0 Å². The third kappa shape index (κ3) is 1.33. The summed E-state index contributed by atoms with van der Waals surface area (Å²) in [7, 11) is 0. The van der Waals surface area contributed by atoms with Crippen molar-refractivity contribution < 1.29 is 4.79 Å². The quantitative estimate of drug-likeness (QED) is 0.432. The first kappa shape index (κ1) is 9.50. The van der Waals surface area contributed by atoms with Crippen molar-refractivity contribution in [2.45, 2.75) is 34.1 Å². The first-order chi connectivity index (χ1) is 5.50. The highest BCUT2D eigenvalue weighted by molar-refractivity contribution is 5.60. The van der Waals surface area contributed by atoms with Crippen molar-refractivity contribution in [2.75, 3.05) is 0 Å². The third-order valence-corrected chi connectivity index (χ3v) is 3.49. The zero-order valence-electron chi connectivity index (χ0n) is 8.42. The molecular weight excluding hydrogens is 148 g/mol. The van der Waals surface area contributed by atoms with Gasteiger partial charge in [-0.05, 0) is 24.7 Å². The summed E-state index contributed by atoms with van der Waals surface area (Å²) in [6, 6.07) is 0.